The van der Waals surface area contributed by atoms with Gasteiger partial charge >= 0.3 is 7.82 Å². The maximum absolute atomic E-state index is 12.6. The first-order valence-corrected chi connectivity index (χ1v) is 11.8. The van der Waals surface area contributed by atoms with Crippen molar-refractivity contribution in [3.8, 4) is 0 Å². The topological polar surface area (TPSA) is 107 Å². The number of aliphatic hydroxyl groups is 1. The summed E-state index contributed by atoms with van der Waals surface area (Å²) in [4.78, 5) is 12.6. The Balaban J connectivity index is 2.00. The number of hydrogen-bond donors (Lipinski definition) is 1. The van der Waals surface area contributed by atoms with Crippen LogP contribution in [-0.2, 0) is 27.8 Å². The van der Waals surface area contributed by atoms with Crippen molar-refractivity contribution in [2.24, 2.45) is 11.8 Å². The maximum Gasteiger partial charge on any atom is 0.319 e. The first-order valence-electron chi connectivity index (χ1n) is 10.4. The average Bonchev–Trinajstić information content (AvgIpc) is 3.04. The molecule has 3 unspecified atom stereocenters. The fraction of sp³-hybridized carbons (Fsp3) is 0.900. The van der Waals surface area contributed by atoms with Gasteiger partial charge < -0.3 is 33.3 Å². The van der Waals surface area contributed by atoms with E-state index in [1.165, 1.54) is 0 Å². The maximum atomic E-state index is 12.6. The monoisotopic (exact) mass is 435 g/mol. The third-order valence-corrected chi connectivity index (χ3v) is 6.25. The molecule has 0 radical (unpaired) electrons. The first kappa shape index (κ1) is 24.8. The molecule has 0 aromatic rings. The second-order valence-electron chi connectivity index (χ2n) is 8.72. The van der Waals surface area contributed by atoms with Crippen molar-refractivity contribution >= 4 is 7.82 Å². The Kier molecular flexibility index (Phi) is 8.74. The van der Waals surface area contributed by atoms with Crippen molar-refractivity contribution in [2.45, 2.75) is 97.1 Å². The minimum absolute atomic E-state index is 0.0340. The molecule has 8 nitrogen and oxygen atoms in total. The van der Waals surface area contributed by atoms with Gasteiger partial charge in [0, 0.05) is 12.3 Å². The van der Waals surface area contributed by atoms with E-state index in [1.807, 2.05) is 41.5 Å². The van der Waals surface area contributed by atoms with Gasteiger partial charge in [-0.15, -0.1) is 0 Å². The molecule has 170 valence electrons. The molecule has 8 atom stereocenters. The molecule has 9 heteroatoms. The molecule has 2 rings (SSSR count). The average molecular weight is 435 g/mol. The zero-order valence-electron chi connectivity index (χ0n) is 18.3. The van der Waals surface area contributed by atoms with Crippen LogP contribution in [0.25, 0.3) is 0 Å². The Bertz CT molecular complexity index is 595. The Morgan fingerprint density at radius 2 is 1.86 bits per heavy atom. The SMILES string of the molecule is C=C(OP(=O)([O-])O[C@@H]1C[C@H](C)C(O)[C@@H]1COC(C)C)[C@H]1O[C@@H](C)CC1OC(C)C. The van der Waals surface area contributed by atoms with E-state index in [1.54, 1.807) is 0 Å². The molecule has 1 aliphatic carbocycles. The lowest BCUT2D eigenvalue weighted by molar-refractivity contribution is -0.229. The van der Waals surface area contributed by atoms with Crippen LogP contribution in [0, 0.1) is 11.8 Å². The molecule has 29 heavy (non-hydrogen) atoms. The van der Waals surface area contributed by atoms with Gasteiger partial charge in [-0.1, -0.05) is 13.5 Å². The highest BCUT2D eigenvalue weighted by Gasteiger charge is 2.44. The van der Waals surface area contributed by atoms with E-state index in [0.29, 0.717) is 12.8 Å². The summed E-state index contributed by atoms with van der Waals surface area (Å²) in [6.07, 6.45) is -1.60. The Labute approximate surface area is 174 Å². The summed E-state index contributed by atoms with van der Waals surface area (Å²) in [5.41, 5.74) is 0. The molecule has 1 heterocycles. The molecule has 1 N–H and O–H groups in total. The molecule has 0 bridgehead atoms. The molecule has 1 aliphatic heterocycles. The molecule has 2 fully saturated rings. The zero-order valence-corrected chi connectivity index (χ0v) is 19.2. The van der Waals surface area contributed by atoms with Gasteiger partial charge in [0.05, 0.1) is 43.2 Å². The van der Waals surface area contributed by atoms with Gasteiger partial charge in [-0.3, -0.25) is 4.57 Å². The van der Waals surface area contributed by atoms with Crippen molar-refractivity contribution in [1.82, 2.24) is 0 Å². The number of aliphatic hydroxyl groups excluding tert-OH is 1. The summed E-state index contributed by atoms with van der Waals surface area (Å²) in [6.45, 7) is 15.3. The van der Waals surface area contributed by atoms with Crippen LogP contribution >= 0.6 is 7.82 Å². The van der Waals surface area contributed by atoms with Crippen LogP contribution in [-0.4, -0.2) is 54.4 Å². The van der Waals surface area contributed by atoms with Gasteiger partial charge in [0.25, 0.3) is 0 Å². The smallest absolute Gasteiger partial charge is 0.319 e. The van der Waals surface area contributed by atoms with Crippen LogP contribution in [0.4, 0.5) is 0 Å². The summed E-state index contributed by atoms with van der Waals surface area (Å²) >= 11 is 0. The van der Waals surface area contributed by atoms with E-state index < -0.39 is 32.1 Å². The van der Waals surface area contributed by atoms with E-state index >= 15 is 0 Å². The van der Waals surface area contributed by atoms with Crippen molar-refractivity contribution in [1.29, 1.82) is 0 Å². The lowest BCUT2D eigenvalue weighted by Crippen LogP contribution is -2.33. The molecule has 2 aliphatic rings. The molecule has 0 aromatic heterocycles. The molecule has 1 saturated heterocycles. The van der Waals surface area contributed by atoms with Gasteiger partial charge in [-0.25, -0.2) is 0 Å². The fourth-order valence-corrected chi connectivity index (χ4v) is 4.95. The third-order valence-electron chi connectivity index (χ3n) is 5.26. The Morgan fingerprint density at radius 3 is 2.45 bits per heavy atom. The fourth-order valence-electron chi connectivity index (χ4n) is 3.94. The number of phosphoric ester groups is 1. The third kappa shape index (κ3) is 7.03. The van der Waals surface area contributed by atoms with Crippen LogP contribution in [0.2, 0.25) is 0 Å². The summed E-state index contributed by atoms with van der Waals surface area (Å²) in [6, 6.07) is 0. The molecule has 1 saturated carbocycles. The second-order valence-corrected chi connectivity index (χ2v) is 10.0. The van der Waals surface area contributed by atoms with Crippen LogP contribution in [0.15, 0.2) is 12.3 Å². The van der Waals surface area contributed by atoms with Gasteiger partial charge in [0.15, 0.2) is 0 Å². The quantitative estimate of drug-likeness (QED) is 0.412. The van der Waals surface area contributed by atoms with E-state index in [2.05, 4.69) is 6.58 Å². The minimum atomic E-state index is -4.72. The number of ether oxygens (including phenoxy) is 3. The summed E-state index contributed by atoms with van der Waals surface area (Å²) < 4.78 is 40.2. The molecule has 0 aromatic carbocycles. The first-order chi connectivity index (χ1) is 13.4. The number of phosphoric acid groups is 1. The highest BCUT2D eigenvalue weighted by atomic mass is 31.2. The Morgan fingerprint density at radius 1 is 1.21 bits per heavy atom. The second kappa shape index (κ2) is 10.2. The molecular weight excluding hydrogens is 399 g/mol. The minimum Gasteiger partial charge on any atom is -0.746 e. The predicted octanol–water partition coefficient (Wildman–Crippen LogP) is 2.78. The van der Waals surface area contributed by atoms with Crippen molar-refractivity contribution < 1.29 is 37.8 Å². The van der Waals surface area contributed by atoms with Crippen LogP contribution in [0.5, 0.6) is 0 Å². The zero-order chi connectivity index (χ0) is 21.9. The number of hydrogen-bond acceptors (Lipinski definition) is 8. The normalized spacial score (nSPS) is 37.2. The summed E-state index contributed by atoms with van der Waals surface area (Å²) in [5, 5.41) is 10.4. The van der Waals surface area contributed by atoms with E-state index in [4.69, 9.17) is 23.3 Å². The number of rotatable bonds is 10. The highest BCUT2D eigenvalue weighted by molar-refractivity contribution is 7.46. The summed E-state index contributed by atoms with van der Waals surface area (Å²) in [5.74, 6) is -0.613. The summed E-state index contributed by atoms with van der Waals surface area (Å²) in [7, 11) is -4.72. The van der Waals surface area contributed by atoms with Gasteiger partial charge in [0.2, 0.25) is 0 Å². The predicted molar refractivity (Wildman–Crippen MR) is 106 cm³/mol. The van der Waals surface area contributed by atoms with Gasteiger partial charge in [-0.2, -0.15) is 0 Å². The largest absolute Gasteiger partial charge is 0.746 e. The van der Waals surface area contributed by atoms with Crippen molar-refractivity contribution in [3.63, 3.8) is 0 Å². The van der Waals surface area contributed by atoms with Crippen LogP contribution in [0.1, 0.15) is 54.4 Å². The van der Waals surface area contributed by atoms with Crippen LogP contribution in [0.3, 0.4) is 0 Å². The lowest BCUT2D eigenvalue weighted by atomic mass is 10.0. The lowest BCUT2D eigenvalue weighted by Gasteiger charge is -2.32. The van der Waals surface area contributed by atoms with Crippen molar-refractivity contribution in [2.75, 3.05) is 6.61 Å². The van der Waals surface area contributed by atoms with Crippen molar-refractivity contribution in [3.05, 3.63) is 12.3 Å². The molecular formula is C20H36O8P-. The van der Waals surface area contributed by atoms with E-state index in [0.717, 1.165) is 0 Å². The van der Waals surface area contributed by atoms with Gasteiger partial charge in [-0.05, 0) is 47.0 Å². The van der Waals surface area contributed by atoms with E-state index in [-0.39, 0.29) is 42.7 Å². The van der Waals surface area contributed by atoms with E-state index in [9.17, 15) is 14.6 Å². The molecule has 0 amide bonds. The van der Waals surface area contributed by atoms with Crippen LogP contribution < -0.4 is 4.89 Å². The molecule has 0 spiro atoms. The highest BCUT2D eigenvalue weighted by Crippen LogP contribution is 2.49. The standard InChI is InChI=1S/C20H37O8P/c1-11(2)24-10-16-17(8-13(5)19(16)21)28-29(22,23)27-15(7)20-18(25-12(3)4)9-14(6)26-20/h11-14,16-21H,7-10H2,1-6H3,(H,22,23)/p-1/t13-,14-,16+,17+,18?,19?,20+/m0/s1. The van der Waals surface area contributed by atoms with Gasteiger partial charge in [0.1, 0.15) is 11.9 Å². The Hall–Kier alpha value is -0.470.